The van der Waals surface area contributed by atoms with Crippen molar-refractivity contribution in [2.45, 2.75) is 52.3 Å². The van der Waals surface area contributed by atoms with E-state index in [1.807, 2.05) is 45.0 Å². The molecule has 0 N–H and O–H groups in total. The van der Waals surface area contributed by atoms with Crippen LogP contribution in [0.1, 0.15) is 56.7 Å². The van der Waals surface area contributed by atoms with Gasteiger partial charge in [-0.05, 0) is 31.9 Å². The molecule has 1 nitrogen and oxygen atoms in total. The minimum Gasteiger partial charge on any atom is -0.298 e. The highest BCUT2D eigenvalue weighted by atomic mass is 16.1. The van der Waals surface area contributed by atoms with Crippen LogP contribution < -0.4 is 0 Å². The molecule has 1 aromatic rings. The Bertz CT molecular complexity index is 726. The number of allylic oxidation sites excluding steroid dienone is 2. The first-order valence-electron chi connectivity index (χ1n) is 8.28. The number of ketones is 1. The third kappa shape index (κ3) is 1.04. The summed E-state index contributed by atoms with van der Waals surface area (Å²) in [5.41, 5.74) is 0.450. The molecule has 1 heteroatoms. The molecule has 4 rings (SSSR count). The fourth-order valence-electron chi connectivity index (χ4n) is 4.20. The first kappa shape index (κ1) is 9.52. The zero-order chi connectivity index (χ0) is 16.7. The Labute approximate surface area is 119 Å². The fraction of sp³-hybridized carbons (Fsp3) is 0.500. The van der Waals surface area contributed by atoms with Crippen LogP contribution in [0.4, 0.5) is 0 Å². The quantitative estimate of drug-likeness (QED) is 0.638. The zero-order valence-corrected chi connectivity index (χ0v) is 12.2. The summed E-state index contributed by atoms with van der Waals surface area (Å²) in [5, 5.41) is 0. The molecule has 19 heavy (non-hydrogen) atoms. The van der Waals surface area contributed by atoms with Crippen molar-refractivity contribution in [3.05, 3.63) is 46.5 Å². The van der Waals surface area contributed by atoms with Crippen LogP contribution in [0.2, 0.25) is 0 Å². The molecule has 0 saturated heterocycles. The molecule has 1 aromatic carbocycles. The Kier molecular flexibility index (Phi) is 1.60. The van der Waals surface area contributed by atoms with E-state index in [-0.39, 0.29) is 5.78 Å². The van der Waals surface area contributed by atoms with E-state index in [0.717, 1.165) is 22.3 Å². The van der Waals surface area contributed by atoms with Crippen molar-refractivity contribution in [2.24, 2.45) is 5.41 Å². The molecule has 100 valence electrons. The number of hydrogen-bond acceptors (Lipinski definition) is 1. The number of benzene rings is 1. The first-order chi connectivity index (χ1) is 9.95. The van der Waals surface area contributed by atoms with Gasteiger partial charge in [-0.25, -0.2) is 0 Å². The SMILES string of the molecule is [2H]C([2H])([2H])C12C(C)=C(C)C(C)(C(=O)C1(C)C)c1ccccc12. The van der Waals surface area contributed by atoms with Crippen LogP contribution in [-0.4, -0.2) is 5.78 Å². The highest BCUT2D eigenvalue weighted by Gasteiger charge is 2.64. The van der Waals surface area contributed by atoms with Gasteiger partial charge < -0.3 is 0 Å². The maximum absolute atomic E-state index is 13.3. The summed E-state index contributed by atoms with van der Waals surface area (Å²) in [6.07, 6.45) is 0. The number of fused-ring (bicyclic) bond motifs is 1. The number of carbonyl (C=O) groups is 1. The molecule has 0 aromatic heterocycles. The van der Waals surface area contributed by atoms with Crippen LogP contribution in [-0.2, 0) is 15.6 Å². The summed E-state index contributed by atoms with van der Waals surface area (Å²) < 4.78 is 24.9. The normalized spacial score (nSPS) is 38.6. The van der Waals surface area contributed by atoms with Gasteiger partial charge >= 0.3 is 0 Å². The predicted molar refractivity (Wildman–Crippen MR) is 78.3 cm³/mol. The van der Waals surface area contributed by atoms with Gasteiger partial charge in [0.25, 0.3) is 0 Å². The van der Waals surface area contributed by atoms with Crippen molar-refractivity contribution < 1.29 is 8.91 Å². The summed E-state index contributed by atoms with van der Waals surface area (Å²) in [5.74, 6) is 0.0120. The second-order valence-corrected chi connectivity index (χ2v) is 6.62. The van der Waals surface area contributed by atoms with E-state index in [0.29, 0.717) is 0 Å². The summed E-state index contributed by atoms with van der Waals surface area (Å²) >= 11 is 0. The first-order valence-corrected chi connectivity index (χ1v) is 6.78. The summed E-state index contributed by atoms with van der Waals surface area (Å²) in [4.78, 5) is 13.3. The number of rotatable bonds is 0. The van der Waals surface area contributed by atoms with Crippen LogP contribution in [0.25, 0.3) is 0 Å². The Balaban J connectivity index is 2.61. The van der Waals surface area contributed by atoms with Crippen molar-refractivity contribution in [1.82, 2.24) is 0 Å². The van der Waals surface area contributed by atoms with E-state index in [1.54, 1.807) is 13.8 Å². The largest absolute Gasteiger partial charge is 0.298 e. The van der Waals surface area contributed by atoms with Crippen LogP contribution in [0.5, 0.6) is 0 Å². The molecule has 2 atom stereocenters. The number of carbonyl (C=O) groups excluding carboxylic acids is 1. The molecule has 2 unspecified atom stereocenters. The van der Waals surface area contributed by atoms with Gasteiger partial charge in [0.1, 0.15) is 0 Å². The van der Waals surface area contributed by atoms with Gasteiger partial charge in [0.15, 0.2) is 5.78 Å². The van der Waals surface area contributed by atoms with E-state index >= 15 is 0 Å². The molecule has 0 spiro atoms. The number of hydrogen-bond donors (Lipinski definition) is 0. The molecule has 3 aliphatic rings. The van der Waals surface area contributed by atoms with E-state index < -0.39 is 23.1 Å². The van der Waals surface area contributed by atoms with Crippen molar-refractivity contribution in [3.8, 4) is 0 Å². The van der Waals surface area contributed by atoms with Gasteiger partial charge in [0.2, 0.25) is 0 Å². The average Bonchev–Trinajstić information content (AvgIpc) is 2.41. The Morgan fingerprint density at radius 3 is 2.16 bits per heavy atom. The lowest BCUT2D eigenvalue weighted by Gasteiger charge is -2.60. The lowest BCUT2D eigenvalue weighted by Crippen LogP contribution is -2.62. The third-order valence-corrected chi connectivity index (χ3v) is 5.70. The number of Topliss-reactive ketones (excluding diaryl/α,β-unsaturated/α-hetero) is 1. The average molecular weight is 257 g/mol. The third-order valence-electron chi connectivity index (χ3n) is 5.70. The highest BCUT2D eigenvalue weighted by molar-refractivity contribution is 6.03. The molecule has 0 heterocycles. The van der Waals surface area contributed by atoms with E-state index in [2.05, 4.69) is 0 Å². The van der Waals surface area contributed by atoms with Crippen LogP contribution in [0.15, 0.2) is 35.4 Å². The Morgan fingerprint density at radius 1 is 1.00 bits per heavy atom. The van der Waals surface area contributed by atoms with E-state index in [4.69, 9.17) is 4.11 Å². The minimum atomic E-state index is -2.28. The summed E-state index contributed by atoms with van der Waals surface area (Å²) in [7, 11) is 0. The van der Waals surface area contributed by atoms with Crippen molar-refractivity contribution in [3.63, 3.8) is 0 Å². The minimum absolute atomic E-state index is 0.0120. The summed E-state index contributed by atoms with van der Waals surface area (Å²) in [6, 6.07) is 7.57. The maximum atomic E-state index is 13.3. The lowest BCUT2D eigenvalue weighted by atomic mass is 9.41. The van der Waals surface area contributed by atoms with E-state index in [1.165, 1.54) is 0 Å². The van der Waals surface area contributed by atoms with Crippen LogP contribution >= 0.6 is 0 Å². The van der Waals surface area contributed by atoms with Crippen LogP contribution in [0, 0.1) is 5.41 Å². The molecular weight excluding hydrogens is 232 g/mol. The van der Waals surface area contributed by atoms with Crippen molar-refractivity contribution in [2.75, 3.05) is 0 Å². The van der Waals surface area contributed by atoms with Crippen molar-refractivity contribution in [1.29, 1.82) is 0 Å². The summed E-state index contributed by atoms with van der Waals surface area (Å²) in [6.45, 7) is 7.06. The predicted octanol–water partition coefficient (Wildman–Crippen LogP) is 4.16. The molecule has 2 bridgehead atoms. The molecular formula is C18H22O. The molecule has 3 aliphatic carbocycles. The van der Waals surface area contributed by atoms with E-state index in [9.17, 15) is 4.79 Å². The lowest BCUT2D eigenvalue weighted by molar-refractivity contribution is -0.137. The molecule has 0 radical (unpaired) electrons. The van der Waals surface area contributed by atoms with Gasteiger partial charge in [-0.15, -0.1) is 0 Å². The molecule has 0 saturated carbocycles. The molecule has 0 amide bonds. The monoisotopic (exact) mass is 257 g/mol. The van der Waals surface area contributed by atoms with Gasteiger partial charge in [-0.2, -0.15) is 0 Å². The van der Waals surface area contributed by atoms with Gasteiger partial charge in [0, 0.05) is 14.9 Å². The van der Waals surface area contributed by atoms with Gasteiger partial charge in [-0.1, -0.05) is 56.1 Å². The van der Waals surface area contributed by atoms with Gasteiger partial charge in [0.05, 0.1) is 5.41 Å². The van der Waals surface area contributed by atoms with Crippen molar-refractivity contribution >= 4 is 5.78 Å². The second kappa shape index (κ2) is 3.20. The second-order valence-electron chi connectivity index (χ2n) is 6.62. The Morgan fingerprint density at radius 2 is 1.58 bits per heavy atom. The standard InChI is InChI=1S/C18H22O/c1-11-12(2)18(6)14-10-8-7-9-13(14)17(11,5)15(19)16(18,3)4/h7-10H,1-6H3/i6D3. The molecule has 0 aliphatic heterocycles. The molecule has 0 fully saturated rings. The van der Waals surface area contributed by atoms with Gasteiger partial charge in [-0.3, -0.25) is 4.79 Å². The van der Waals surface area contributed by atoms with Crippen LogP contribution in [0.3, 0.4) is 0 Å². The smallest absolute Gasteiger partial charge is 0.153 e. The Hall–Kier alpha value is -1.37. The highest BCUT2D eigenvalue weighted by Crippen LogP contribution is 2.63. The fourth-order valence-corrected chi connectivity index (χ4v) is 4.20. The maximum Gasteiger partial charge on any atom is 0.153 e. The zero-order valence-electron chi connectivity index (χ0n) is 15.2. The topological polar surface area (TPSA) is 17.1 Å².